The van der Waals surface area contributed by atoms with E-state index in [1.165, 1.54) is 0 Å². The van der Waals surface area contributed by atoms with Crippen molar-refractivity contribution in [1.82, 2.24) is 0 Å². The first-order valence-electron chi connectivity index (χ1n) is 8.55. The highest BCUT2D eigenvalue weighted by molar-refractivity contribution is 7.87. The Labute approximate surface area is 153 Å². The highest BCUT2D eigenvalue weighted by atomic mass is 32.2. The summed E-state index contributed by atoms with van der Waals surface area (Å²) in [7, 11) is -5.82. The van der Waals surface area contributed by atoms with E-state index in [0.717, 1.165) is 25.7 Å². The van der Waals surface area contributed by atoms with Crippen LogP contribution in [-0.4, -0.2) is 43.4 Å². The first-order valence-corrected chi connectivity index (χ1v) is 9.99. The van der Waals surface area contributed by atoms with Crippen LogP contribution in [0.25, 0.3) is 0 Å². The molecule has 0 amide bonds. The minimum absolute atomic E-state index is 0.219. The van der Waals surface area contributed by atoms with E-state index in [9.17, 15) is 26.8 Å². The van der Waals surface area contributed by atoms with Crippen LogP contribution in [0.4, 0.5) is 8.78 Å². The van der Waals surface area contributed by atoms with Crippen LogP contribution in [0.3, 0.4) is 0 Å². The van der Waals surface area contributed by atoms with Crippen LogP contribution in [0.1, 0.15) is 65.7 Å². The number of hydrogen-bond donors (Lipinski definition) is 1. The van der Waals surface area contributed by atoms with E-state index in [1.807, 2.05) is 20.8 Å². The monoisotopic (exact) mass is 402 g/mol. The third-order valence-corrected chi connectivity index (χ3v) is 4.82. The molecule has 0 bridgehead atoms. The molecule has 0 aliphatic rings. The number of esters is 2. The van der Waals surface area contributed by atoms with Gasteiger partial charge >= 0.3 is 27.3 Å². The standard InChI is InChI=1S/C16H28F2O7S/c1-4-15(2,3)13(19)24-11-9-7-5-6-8-10-12-25-14(20)16(17,18)26(21,22)23/h4-12H2,1-3H3,(H,21,22,23). The van der Waals surface area contributed by atoms with Crippen molar-refractivity contribution in [2.45, 2.75) is 71.0 Å². The average molecular weight is 402 g/mol. The number of alkyl halides is 2. The molecule has 0 rings (SSSR count). The number of carbonyl (C=O) groups is 2. The largest absolute Gasteiger partial charge is 0.465 e. The van der Waals surface area contributed by atoms with Crippen molar-refractivity contribution < 1.29 is 40.8 Å². The van der Waals surface area contributed by atoms with Crippen molar-refractivity contribution >= 4 is 22.1 Å². The van der Waals surface area contributed by atoms with Crippen molar-refractivity contribution in [3.05, 3.63) is 0 Å². The summed E-state index contributed by atoms with van der Waals surface area (Å²) in [5, 5.41) is -4.95. The maximum atomic E-state index is 12.9. The molecule has 154 valence electrons. The quantitative estimate of drug-likeness (QED) is 0.286. The van der Waals surface area contributed by atoms with Gasteiger partial charge in [0.25, 0.3) is 0 Å². The smallest absolute Gasteiger partial charge is 0.465 e. The number of hydrogen-bond acceptors (Lipinski definition) is 6. The Morgan fingerprint density at radius 2 is 1.27 bits per heavy atom. The molecule has 10 heteroatoms. The number of ether oxygens (including phenoxy) is 2. The van der Waals surface area contributed by atoms with Gasteiger partial charge in [0.1, 0.15) is 0 Å². The number of halogens is 2. The van der Waals surface area contributed by atoms with Gasteiger partial charge in [-0.1, -0.05) is 32.6 Å². The Kier molecular flexibility index (Phi) is 10.2. The molecule has 26 heavy (non-hydrogen) atoms. The van der Waals surface area contributed by atoms with E-state index in [-0.39, 0.29) is 12.6 Å². The van der Waals surface area contributed by atoms with Gasteiger partial charge in [-0.3, -0.25) is 9.35 Å². The summed E-state index contributed by atoms with van der Waals surface area (Å²) >= 11 is 0. The zero-order valence-electron chi connectivity index (χ0n) is 15.4. The molecule has 0 aromatic carbocycles. The zero-order valence-corrected chi connectivity index (χ0v) is 16.2. The Morgan fingerprint density at radius 3 is 1.65 bits per heavy atom. The maximum Gasteiger partial charge on any atom is 0.465 e. The zero-order chi connectivity index (χ0) is 20.4. The molecular formula is C16H28F2O7S. The van der Waals surface area contributed by atoms with Crippen molar-refractivity contribution in [2.75, 3.05) is 13.2 Å². The number of carbonyl (C=O) groups excluding carboxylic acids is 2. The lowest BCUT2D eigenvalue weighted by Crippen LogP contribution is -2.39. The van der Waals surface area contributed by atoms with Crippen molar-refractivity contribution in [3.8, 4) is 0 Å². The van der Waals surface area contributed by atoms with Crippen LogP contribution in [0.15, 0.2) is 0 Å². The molecule has 0 aromatic heterocycles. The van der Waals surface area contributed by atoms with Gasteiger partial charge in [0, 0.05) is 0 Å². The van der Waals surface area contributed by atoms with Gasteiger partial charge in [0.2, 0.25) is 0 Å². The Bertz CT molecular complexity index is 559. The summed E-state index contributed by atoms with van der Waals surface area (Å²) in [5.74, 6) is -2.50. The van der Waals surface area contributed by atoms with E-state index in [1.54, 1.807) is 0 Å². The molecule has 0 fully saturated rings. The van der Waals surface area contributed by atoms with Gasteiger partial charge in [-0.2, -0.15) is 17.2 Å². The summed E-state index contributed by atoms with van der Waals surface area (Å²) in [6.07, 6.45) is 4.76. The van der Waals surface area contributed by atoms with Gasteiger partial charge in [-0.05, 0) is 33.1 Å². The fourth-order valence-electron chi connectivity index (χ4n) is 1.77. The highest BCUT2D eigenvalue weighted by Gasteiger charge is 2.54. The van der Waals surface area contributed by atoms with Gasteiger partial charge in [-0.25, -0.2) is 4.79 Å². The van der Waals surface area contributed by atoms with Crippen LogP contribution in [-0.2, 0) is 29.2 Å². The second-order valence-corrected chi connectivity index (χ2v) is 8.09. The van der Waals surface area contributed by atoms with E-state index in [4.69, 9.17) is 9.29 Å². The second kappa shape index (κ2) is 10.8. The summed E-state index contributed by atoms with van der Waals surface area (Å²) in [5.41, 5.74) is -0.483. The van der Waals surface area contributed by atoms with E-state index >= 15 is 0 Å². The predicted octanol–water partition coefficient (Wildman–Crippen LogP) is 3.33. The topological polar surface area (TPSA) is 107 Å². The van der Waals surface area contributed by atoms with Crippen LogP contribution in [0.5, 0.6) is 0 Å². The minimum Gasteiger partial charge on any atom is -0.465 e. The molecule has 0 aromatic rings. The third kappa shape index (κ3) is 8.39. The fourth-order valence-corrected chi connectivity index (χ4v) is 2.04. The van der Waals surface area contributed by atoms with E-state index < -0.39 is 26.8 Å². The van der Waals surface area contributed by atoms with Crippen LogP contribution < -0.4 is 0 Å². The SMILES string of the molecule is CCC(C)(C)C(=O)OCCCCCCCCOC(=O)C(F)(F)S(=O)(=O)O. The minimum atomic E-state index is -5.82. The summed E-state index contributed by atoms with van der Waals surface area (Å²) in [6, 6.07) is 0. The summed E-state index contributed by atoms with van der Waals surface area (Å²) in [4.78, 5) is 22.6. The molecule has 0 spiro atoms. The highest BCUT2D eigenvalue weighted by Crippen LogP contribution is 2.23. The molecule has 1 N–H and O–H groups in total. The Hall–Kier alpha value is -1.29. The van der Waals surface area contributed by atoms with Crippen LogP contribution in [0.2, 0.25) is 0 Å². The molecule has 7 nitrogen and oxygen atoms in total. The average Bonchev–Trinajstić information content (AvgIpc) is 2.54. The van der Waals surface area contributed by atoms with E-state index in [0.29, 0.717) is 25.9 Å². The van der Waals surface area contributed by atoms with Crippen molar-refractivity contribution in [1.29, 1.82) is 0 Å². The normalized spacial score (nSPS) is 12.7. The molecule has 0 aliphatic heterocycles. The van der Waals surface area contributed by atoms with Crippen molar-refractivity contribution in [3.63, 3.8) is 0 Å². The van der Waals surface area contributed by atoms with Crippen LogP contribution in [0, 0.1) is 5.41 Å². The Morgan fingerprint density at radius 1 is 0.885 bits per heavy atom. The van der Waals surface area contributed by atoms with Gasteiger partial charge in [-0.15, -0.1) is 0 Å². The third-order valence-electron chi connectivity index (χ3n) is 4.00. The molecule has 0 heterocycles. The number of unbranched alkanes of at least 4 members (excludes halogenated alkanes) is 5. The van der Waals surface area contributed by atoms with Gasteiger partial charge in [0.15, 0.2) is 0 Å². The fraction of sp³-hybridized carbons (Fsp3) is 0.875. The lowest BCUT2D eigenvalue weighted by molar-refractivity contribution is -0.161. The molecule has 0 atom stereocenters. The molecule has 0 saturated carbocycles. The molecule has 0 saturated heterocycles. The molecule has 0 unspecified atom stereocenters. The lowest BCUT2D eigenvalue weighted by Gasteiger charge is -2.20. The van der Waals surface area contributed by atoms with Crippen LogP contribution >= 0.6 is 0 Å². The van der Waals surface area contributed by atoms with Crippen molar-refractivity contribution in [2.24, 2.45) is 5.41 Å². The van der Waals surface area contributed by atoms with Gasteiger partial charge in [0.05, 0.1) is 18.6 Å². The lowest BCUT2D eigenvalue weighted by atomic mass is 9.91. The first-order chi connectivity index (χ1) is 11.9. The molecule has 0 aliphatic carbocycles. The van der Waals surface area contributed by atoms with E-state index in [2.05, 4.69) is 4.74 Å². The molecular weight excluding hydrogens is 374 g/mol. The maximum absolute atomic E-state index is 12.9. The summed E-state index contributed by atoms with van der Waals surface area (Å²) < 4.78 is 64.0. The number of rotatable bonds is 13. The predicted molar refractivity (Wildman–Crippen MR) is 90.2 cm³/mol. The Balaban J connectivity index is 3.70. The van der Waals surface area contributed by atoms with Gasteiger partial charge < -0.3 is 9.47 Å². The molecule has 0 radical (unpaired) electrons. The first kappa shape index (κ1) is 24.7. The summed E-state index contributed by atoms with van der Waals surface area (Å²) in [6.45, 7) is 5.57. The second-order valence-electron chi connectivity index (χ2n) is 6.62.